The molecule has 0 radical (unpaired) electrons. The van der Waals surface area contributed by atoms with Crippen molar-refractivity contribution >= 4 is 5.91 Å². The first-order valence-electron chi connectivity index (χ1n) is 7.83. The third-order valence-electron chi connectivity index (χ3n) is 3.90. The average Bonchev–Trinajstić information content (AvgIpc) is 2.46. The molecule has 2 unspecified atom stereocenters. The van der Waals surface area contributed by atoms with Crippen LogP contribution in [0.2, 0.25) is 0 Å². The van der Waals surface area contributed by atoms with Crippen molar-refractivity contribution in [1.82, 2.24) is 10.2 Å². The molecule has 1 fully saturated rings. The Kier molecular flexibility index (Phi) is 5.61. The van der Waals surface area contributed by atoms with Crippen molar-refractivity contribution in [3.8, 4) is 5.75 Å². The zero-order valence-electron chi connectivity index (χ0n) is 13.9. The van der Waals surface area contributed by atoms with Crippen LogP contribution in [0.25, 0.3) is 0 Å². The van der Waals surface area contributed by atoms with Crippen LogP contribution in [0.1, 0.15) is 26.3 Å². The molecule has 0 aliphatic carbocycles. The van der Waals surface area contributed by atoms with E-state index < -0.39 is 0 Å². The van der Waals surface area contributed by atoms with Crippen LogP contribution >= 0.6 is 0 Å². The van der Waals surface area contributed by atoms with Crippen LogP contribution < -0.4 is 10.1 Å². The summed E-state index contributed by atoms with van der Waals surface area (Å²) in [6, 6.07) is 8.62. The van der Waals surface area contributed by atoms with E-state index in [4.69, 9.17) is 4.74 Å². The number of rotatable bonds is 4. The number of ether oxygens (including phenoxy) is 1. The van der Waals surface area contributed by atoms with E-state index in [-0.39, 0.29) is 5.91 Å². The van der Waals surface area contributed by atoms with Gasteiger partial charge in [0.2, 0.25) is 5.91 Å². The number of carbonyl (C=O) groups excluding carboxylic acids is 1. The summed E-state index contributed by atoms with van der Waals surface area (Å²) < 4.78 is 5.36. The van der Waals surface area contributed by atoms with E-state index in [1.807, 2.05) is 36.1 Å². The molecule has 1 heterocycles. The lowest BCUT2D eigenvalue weighted by atomic mass is 10.0. The minimum absolute atomic E-state index is 0.104. The van der Waals surface area contributed by atoms with Gasteiger partial charge in [-0.2, -0.15) is 0 Å². The monoisotopic (exact) mass is 302 g/mol. The Hall–Kier alpha value is -1.81. The molecular formula is C18H26N2O2. The van der Waals surface area contributed by atoms with E-state index in [1.165, 1.54) is 0 Å². The number of allylic oxidation sites excluding steroid dienone is 1. The van der Waals surface area contributed by atoms with Gasteiger partial charge >= 0.3 is 0 Å². The van der Waals surface area contributed by atoms with Crippen molar-refractivity contribution in [1.29, 1.82) is 0 Å². The molecule has 0 spiro atoms. The molecule has 4 heteroatoms. The molecule has 1 aliphatic rings. The molecule has 0 bridgehead atoms. The van der Waals surface area contributed by atoms with Crippen LogP contribution in [0.15, 0.2) is 35.9 Å². The number of benzene rings is 1. The first kappa shape index (κ1) is 16.6. The number of para-hydroxylation sites is 1. The summed E-state index contributed by atoms with van der Waals surface area (Å²) in [6.07, 6.45) is 2.49. The Labute approximate surface area is 133 Å². The smallest absolute Gasteiger partial charge is 0.246 e. The molecule has 1 N–H and O–H groups in total. The molecule has 1 saturated heterocycles. The maximum atomic E-state index is 12.4. The number of carbonyl (C=O) groups is 1. The molecule has 4 nitrogen and oxygen atoms in total. The molecule has 2 atom stereocenters. The average molecular weight is 302 g/mol. The fraction of sp³-hybridized carbons (Fsp3) is 0.500. The predicted molar refractivity (Wildman–Crippen MR) is 89.1 cm³/mol. The van der Waals surface area contributed by atoms with Crippen LogP contribution in [0.5, 0.6) is 5.75 Å². The van der Waals surface area contributed by atoms with Gasteiger partial charge < -0.3 is 15.0 Å². The first-order chi connectivity index (χ1) is 10.5. The zero-order chi connectivity index (χ0) is 16.1. The Balaban J connectivity index is 2.03. The van der Waals surface area contributed by atoms with Crippen LogP contribution in [0.3, 0.4) is 0 Å². The summed E-state index contributed by atoms with van der Waals surface area (Å²) >= 11 is 0. The Morgan fingerprint density at radius 1 is 1.32 bits per heavy atom. The maximum absolute atomic E-state index is 12.4. The van der Waals surface area contributed by atoms with E-state index in [0.29, 0.717) is 12.1 Å². The molecule has 22 heavy (non-hydrogen) atoms. The van der Waals surface area contributed by atoms with Crippen LogP contribution in [-0.4, -0.2) is 43.1 Å². The highest BCUT2D eigenvalue weighted by Gasteiger charge is 2.23. The fourth-order valence-electron chi connectivity index (χ4n) is 3.01. The van der Waals surface area contributed by atoms with E-state index in [9.17, 15) is 4.79 Å². The van der Waals surface area contributed by atoms with Crippen molar-refractivity contribution < 1.29 is 9.53 Å². The summed E-state index contributed by atoms with van der Waals surface area (Å²) in [5.41, 5.74) is 2.15. The van der Waals surface area contributed by atoms with Gasteiger partial charge in [-0.15, -0.1) is 0 Å². The summed E-state index contributed by atoms with van der Waals surface area (Å²) in [6.45, 7) is 7.76. The second kappa shape index (κ2) is 7.45. The van der Waals surface area contributed by atoms with Crippen molar-refractivity contribution in [2.45, 2.75) is 39.3 Å². The van der Waals surface area contributed by atoms with Crippen molar-refractivity contribution in [3.05, 3.63) is 41.5 Å². The second-order valence-electron chi connectivity index (χ2n) is 6.19. The summed E-state index contributed by atoms with van der Waals surface area (Å²) in [5, 5.41) is 3.44. The van der Waals surface area contributed by atoms with Crippen LogP contribution in [0.4, 0.5) is 0 Å². The number of hydrogen-bond acceptors (Lipinski definition) is 3. The number of nitrogens with one attached hydrogen (secondary N) is 1. The molecular weight excluding hydrogens is 276 g/mol. The summed E-state index contributed by atoms with van der Waals surface area (Å²) in [4.78, 5) is 14.4. The van der Waals surface area contributed by atoms with E-state index in [2.05, 4.69) is 19.2 Å². The molecule has 1 amide bonds. The lowest BCUT2D eigenvalue weighted by Gasteiger charge is -2.35. The van der Waals surface area contributed by atoms with Crippen LogP contribution in [-0.2, 0) is 11.2 Å². The number of amides is 1. The van der Waals surface area contributed by atoms with Gasteiger partial charge in [-0.1, -0.05) is 23.8 Å². The Bertz CT molecular complexity index is 544. The topological polar surface area (TPSA) is 41.6 Å². The number of methoxy groups -OCH3 is 1. The van der Waals surface area contributed by atoms with Crippen LogP contribution in [0, 0.1) is 0 Å². The quantitative estimate of drug-likeness (QED) is 0.868. The zero-order valence-corrected chi connectivity index (χ0v) is 13.9. The highest BCUT2D eigenvalue weighted by Crippen LogP contribution is 2.20. The predicted octanol–water partition coefficient (Wildman–Crippen LogP) is 2.39. The number of piperazine rings is 1. The molecule has 2 rings (SSSR count). The van der Waals surface area contributed by atoms with Gasteiger partial charge in [-0.25, -0.2) is 0 Å². The lowest BCUT2D eigenvalue weighted by Crippen LogP contribution is -2.55. The highest BCUT2D eigenvalue weighted by atomic mass is 16.5. The van der Waals surface area contributed by atoms with Gasteiger partial charge in [-0.05, 0) is 38.8 Å². The van der Waals surface area contributed by atoms with Crippen molar-refractivity contribution in [2.24, 2.45) is 0 Å². The number of hydrogen-bond donors (Lipinski definition) is 1. The largest absolute Gasteiger partial charge is 0.496 e. The molecule has 0 saturated carbocycles. The van der Waals surface area contributed by atoms with Gasteiger partial charge in [0.05, 0.1) is 7.11 Å². The van der Waals surface area contributed by atoms with Crippen molar-refractivity contribution in [2.75, 3.05) is 20.2 Å². The second-order valence-corrected chi connectivity index (χ2v) is 6.19. The van der Waals surface area contributed by atoms with Gasteiger partial charge in [0.25, 0.3) is 0 Å². The van der Waals surface area contributed by atoms with Gasteiger partial charge in [0.1, 0.15) is 5.75 Å². The minimum atomic E-state index is 0.104. The maximum Gasteiger partial charge on any atom is 0.246 e. The highest BCUT2D eigenvalue weighted by molar-refractivity contribution is 5.88. The van der Waals surface area contributed by atoms with E-state index >= 15 is 0 Å². The normalized spacial score (nSPS) is 22.5. The van der Waals surface area contributed by atoms with Gasteiger partial charge in [0.15, 0.2) is 0 Å². The molecule has 1 aromatic rings. The fourth-order valence-corrected chi connectivity index (χ4v) is 3.01. The minimum Gasteiger partial charge on any atom is -0.496 e. The van der Waals surface area contributed by atoms with Gasteiger partial charge in [0, 0.05) is 31.2 Å². The first-order valence-corrected chi connectivity index (χ1v) is 7.83. The standard InChI is InChI=1S/C18H26N2O2/c1-13(9-16-7-5-6-8-17(16)22-4)10-18(21)20-11-14(2)19-15(3)12-20/h5-8,10,14-15,19H,9,11-12H2,1-4H3. The van der Waals surface area contributed by atoms with E-state index in [0.717, 1.165) is 36.4 Å². The summed E-state index contributed by atoms with van der Waals surface area (Å²) in [5.74, 6) is 0.972. The number of nitrogens with zero attached hydrogens (tertiary/aromatic N) is 1. The third-order valence-corrected chi connectivity index (χ3v) is 3.90. The molecule has 120 valence electrons. The van der Waals surface area contributed by atoms with Gasteiger partial charge in [-0.3, -0.25) is 4.79 Å². The van der Waals surface area contributed by atoms with Crippen molar-refractivity contribution in [3.63, 3.8) is 0 Å². The molecule has 1 aromatic carbocycles. The lowest BCUT2D eigenvalue weighted by molar-refractivity contribution is -0.127. The Morgan fingerprint density at radius 3 is 2.59 bits per heavy atom. The summed E-state index contributed by atoms with van der Waals surface area (Å²) in [7, 11) is 1.67. The SMILES string of the molecule is COc1ccccc1CC(C)=CC(=O)N1CC(C)NC(C)C1. The van der Waals surface area contributed by atoms with E-state index in [1.54, 1.807) is 13.2 Å². The molecule has 1 aliphatic heterocycles. The Morgan fingerprint density at radius 2 is 1.95 bits per heavy atom. The molecule has 0 aromatic heterocycles. The third kappa shape index (κ3) is 4.34.